The van der Waals surface area contributed by atoms with Gasteiger partial charge in [0.05, 0.1) is 17.1 Å². The molecule has 0 radical (unpaired) electrons. The van der Waals surface area contributed by atoms with E-state index in [1.807, 2.05) is 0 Å². The average Bonchev–Trinajstić information content (AvgIpc) is 2.49. The molecule has 7 heteroatoms. The average molecular weight is 317 g/mol. The van der Waals surface area contributed by atoms with Crippen LogP contribution in [0.2, 0.25) is 0 Å². The Morgan fingerprint density at radius 1 is 1.18 bits per heavy atom. The Labute approximate surface area is 128 Å². The number of rotatable bonds is 2. The molecule has 4 nitrogen and oxygen atoms in total. The van der Waals surface area contributed by atoms with E-state index in [-0.39, 0.29) is 10.3 Å². The summed E-state index contributed by atoms with van der Waals surface area (Å²) in [6.45, 7) is 0. The fourth-order valence-corrected chi connectivity index (χ4v) is 2.22. The number of nitrogens with one attached hydrogen (secondary N) is 1. The number of halogens is 2. The van der Waals surface area contributed by atoms with Crippen LogP contribution in [-0.4, -0.2) is 15.9 Å². The third-order valence-corrected chi connectivity index (χ3v) is 3.33. The zero-order valence-corrected chi connectivity index (χ0v) is 11.9. The maximum Gasteiger partial charge on any atom is 0.282 e. The highest BCUT2D eigenvalue weighted by Gasteiger charge is 2.05. The van der Waals surface area contributed by atoms with Crippen LogP contribution in [0.5, 0.6) is 0 Å². The predicted octanol–water partition coefficient (Wildman–Crippen LogP) is 3.22. The zero-order chi connectivity index (χ0) is 15.7. The van der Waals surface area contributed by atoms with Gasteiger partial charge in [0.1, 0.15) is 11.6 Å². The third-order valence-electron chi connectivity index (χ3n) is 3.06. The molecule has 3 rings (SSSR count). The van der Waals surface area contributed by atoms with E-state index in [1.54, 1.807) is 24.3 Å². The fourth-order valence-electron chi connectivity index (χ4n) is 1.98. The standard InChI is InChI=1S/C15H9F2N3OS/c16-10-6-5-9(12(17)7-10)8-18-20-14(21)11-3-1-2-4-13(11)19-15(20)22/h1-8H,(H,19,22)/b18-8-. The van der Waals surface area contributed by atoms with Crippen molar-refractivity contribution in [2.45, 2.75) is 0 Å². The number of aromatic amines is 1. The lowest BCUT2D eigenvalue weighted by molar-refractivity contribution is 0.582. The molecule has 0 aliphatic rings. The van der Waals surface area contributed by atoms with E-state index in [0.29, 0.717) is 10.9 Å². The number of hydrogen-bond donors (Lipinski definition) is 1. The highest BCUT2D eigenvalue weighted by molar-refractivity contribution is 7.71. The molecule has 1 aromatic heterocycles. The van der Waals surface area contributed by atoms with Crippen LogP contribution in [0.3, 0.4) is 0 Å². The van der Waals surface area contributed by atoms with Gasteiger partial charge in [-0.15, -0.1) is 0 Å². The Balaban J connectivity index is 2.13. The molecule has 0 unspecified atom stereocenters. The van der Waals surface area contributed by atoms with Crippen LogP contribution in [0.4, 0.5) is 8.78 Å². The summed E-state index contributed by atoms with van der Waals surface area (Å²) < 4.78 is 27.5. The quantitative estimate of drug-likeness (QED) is 0.583. The van der Waals surface area contributed by atoms with Crippen LogP contribution in [0.25, 0.3) is 10.9 Å². The van der Waals surface area contributed by atoms with Gasteiger partial charge in [0, 0.05) is 11.6 Å². The molecule has 0 aliphatic carbocycles. The molecule has 0 atom stereocenters. The Bertz CT molecular complexity index is 1010. The Hall–Kier alpha value is -2.67. The Morgan fingerprint density at radius 3 is 2.73 bits per heavy atom. The molecule has 0 spiro atoms. The summed E-state index contributed by atoms with van der Waals surface area (Å²) in [5.41, 5.74) is 0.228. The Kier molecular flexibility index (Phi) is 3.64. The Morgan fingerprint density at radius 2 is 1.95 bits per heavy atom. The van der Waals surface area contributed by atoms with E-state index >= 15 is 0 Å². The molecule has 0 saturated heterocycles. The molecular weight excluding hydrogens is 308 g/mol. The number of para-hydroxylation sites is 1. The van der Waals surface area contributed by atoms with Gasteiger partial charge in [-0.1, -0.05) is 12.1 Å². The van der Waals surface area contributed by atoms with Crippen molar-refractivity contribution in [3.05, 3.63) is 74.8 Å². The van der Waals surface area contributed by atoms with Crippen molar-refractivity contribution >= 4 is 29.3 Å². The second kappa shape index (κ2) is 5.61. The molecule has 3 aromatic rings. The van der Waals surface area contributed by atoms with Crippen molar-refractivity contribution in [2.24, 2.45) is 5.10 Å². The number of nitrogens with zero attached hydrogens (tertiary/aromatic N) is 2. The van der Waals surface area contributed by atoms with Gasteiger partial charge in [-0.05, 0) is 36.5 Å². The van der Waals surface area contributed by atoms with Gasteiger partial charge in [-0.25, -0.2) is 8.78 Å². The first kappa shape index (κ1) is 14.3. The SMILES string of the molecule is O=c1c2ccccc2[nH]c(=S)n1/N=C\c1ccc(F)cc1F. The number of hydrogen-bond acceptors (Lipinski definition) is 3. The molecule has 0 amide bonds. The van der Waals surface area contributed by atoms with Crippen molar-refractivity contribution in [3.8, 4) is 0 Å². The van der Waals surface area contributed by atoms with Gasteiger partial charge in [-0.2, -0.15) is 9.78 Å². The van der Waals surface area contributed by atoms with Gasteiger partial charge >= 0.3 is 0 Å². The summed E-state index contributed by atoms with van der Waals surface area (Å²) in [7, 11) is 0. The van der Waals surface area contributed by atoms with E-state index in [2.05, 4.69) is 10.1 Å². The van der Waals surface area contributed by atoms with Crippen LogP contribution < -0.4 is 5.56 Å². The molecule has 0 bridgehead atoms. The van der Waals surface area contributed by atoms with Gasteiger partial charge in [0.25, 0.3) is 5.56 Å². The van der Waals surface area contributed by atoms with Crippen molar-refractivity contribution in [3.63, 3.8) is 0 Å². The predicted molar refractivity (Wildman–Crippen MR) is 82.7 cm³/mol. The van der Waals surface area contributed by atoms with Crippen LogP contribution in [-0.2, 0) is 0 Å². The maximum atomic E-state index is 13.6. The third kappa shape index (κ3) is 2.58. The number of H-pyrrole nitrogens is 1. The second-order valence-electron chi connectivity index (χ2n) is 4.50. The lowest BCUT2D eigenvalue weighted by atomic mass is 10.2. The van der Waals surface area contributed by atoms with Crippen LogP contribution in [0, 0.1) is 16.4 Å². The van der Waals surface area contributed by atoms with E-state index in [4.69, 9.17) is 12.2 Å². The van der Waals surface area contributed by atoms with Crippen molar-refractivity contribution < 1.29 is 8.78 Å². The summed E-state index contributed by atoms with van der Waals surface area (Å²) in [5.74, 6) is -1.46. The van der Waals surface area contributed by atoms with Gasteiger partial charge in [0.15, 0.2) is 0 Å². The topological polar surface area (TPSA) is 50.1 Å². The van der Waals surface area contributed by atoms with Crippen molar-refractivity contribution in [1.82, 2.24) is 9.66 Å². The first-order valence-corrected chi connectivity index (χ1v) is 6.70. The molecule has 0 aliphatic heterocycles. The fraction of sp³-hybridized carbons (Fsp3) is 0. The molecular formula is C15H9F2N3OS. The molecule has 2 aromatic carbocycles. The minimum absolute atomic E-state index is 0.0517. The molecule has 1 N–H and O–H groups in total. The second-order valence-corrected chi connectivity index (χ2v) is 4.89. The van der Waals surface area contributed by atoms with E-state index in [0.717, 1.165) is 23.0 Å². The summed E-state index contributed by atoms with van der Waals surface area (Å²) in [6.07, 6.45) is 1.12. The summed E-state index contributed by atoms with van der Waals surface area (Å²) >= 11 is 5.08. The molecule has 22 heavy (non-hydrogen) atoms. The first-order valence-electron chi connectivity index (χ1n) is 6.30. The number of fused-ring (bicyclic) bond motifs is 1. The highest BCUT2D eigenvalue weighted by Crippen LogP contribution is 2.08. The molecule has 0 fully saturated rings. The van der Waals surface area contributed by atoms with Gasteiger partial charge in [-0.3, -0.25) is 4.79 Å². The van der Waals surface area contributed by atoms with Crippen molar-refractivity contribution in [2.75, 3.05) is 0 Å². The normalized spacial score (nSPS) is 11.4. The van der Waals surface area contributed by atoms with Crippen LogP contribution in [0.15, 0.2) is 52.4 Å². The maximum absolute atomic E-state index is 13.6. The molecule has 110 valence electrons. The van der Waals surface area contributed by atoms with Gasteiger partial charge in [0.2, 0.25) is 4.77 Å². The minimum atomic E-state index is -0.771. The first-order chi connectivity index (χ1) is 10.6. The monoisotopic (exact) mass is 317 g/mol. The molecule has 1 heterocycles. The van der Waals surface area contributed by atoms with E-state index in [9.17, 15) is 13.6 Å². The number of benzene rings is 2. The van der Waals surface area contributed by atoms with Crippen LogP contribution in [0.1, 0.15) is 5.56 Å². The lowest BCUT2D eigenvalue weighted by Gasteiger charge is -2.02. The molecule has 0 saturated carbocycles. The lowest BCUT2D eigenvalue weighted by Crippen LogP contribution is -2.18. The van der Waals surface area contributed by atoms with E-state index < -0.39 is 17.2 Å². The largest absolute Gasteiger partial charge is 0.330 e. The van der Waals surface area contributed by atoms with E-state index in [1.165, 1.54) is 6.07 Å². The summed E-state index contributed by atoms with van der Waals surface area (Å²) in [6, 6.07) is 9.92. The highest BCUT2D eigenvalue weighted by atomic mass is 32.1. The smallest absolute Gasteiger partial charge is 0.282 e. The summed E-state index contributed by atoms with van der Waals surface area (Å²) in [5, 5.41) is 4.31. The minimum Gasteiger partial charge on any atom is -0.330 e. The van der Waals surface area contributed by atoms with Crippen molar-refractivity contribution in [1.29, 1.82) is 0 Å². The number of aromatic nitrogens is 2. The van der Waals surface area contributed by atoms with Gasteiger partial charge < -0.3 is 4.98 Å². The van der Waals surface area contributed by atoms with Crippen LogP contribution >= 0.6 is 12.2 Å². The zero-order valence-electron chi connectivity index (χ0n) is 11.1. The summed E-state index contributed by atoms with van der Waals surface area (Å²) in [4.78, 5) is 15.2.